The van der Waals surface area contributed by atoms with Gasteiger partial charge in [0.1, 0.15) is 0 Å². The minimum absolute atomic E-state index is 0.392. The number of nitrogens with zero attached hydrogens (tertiary/aromatic N) is 1. The highest BCUT2D eigenvalue weighted by molar-refractivity contribution is 4.85. The van der Waals surface area contributed by atoms with E-state index in [-0.39, 0.29) is 0 Å². The van der Waals surface area contributed by atoms with Crippen LogP contribution in [-0.2, 0) is 9.47 Å². The van der Waals surface area contributed by atoms with Crippen LogP contribution < -0.4 is 5.32 Å². The van der Waals surface area contributed by atoms with E-state index in [9.17, 15) is 0 Å². The van der Waals surface area contributed by atoms with Gasteiger partial charge in [-0.25, -0.2) is 0 Å². The first-order valence-corrected chi connectivity index (χ1v) is 7.60. The quantitative estimate of drug-likeness (QED) is 0.742. The van der Waals surface area contributed by atoms with Crippen LogP contribution in [0.4, 0.5) is 0 Å². The van der Waals surface area contributed by atoms with Crippen LogP contribution in [0.5, 0.6) is 0 Å². The van der Waals surface area contributed by atoms with Crippen LogP contribution in [-0.4, -0.2) is 62.5 Å². The topological polar surface area (TPSA) is 33.7 Å². The van der Waals surface area contributed by atoms with Crippen molar-refractivity contribution in [2.24, 2.45) is 0 Å². The van der Waals surface area contributed by atoms with E-state index in [1.165, 1.54) is 32.2 Å². The number of nitrogens with one attached hydrogen (secondary N) is 1. The van der Waals surface area contributed by atoms with Gasteiger partial charge < -0.3 is 14.8 Å². The standard InChI is InChI=1S/C14H26N2O2/c1-3-12-11-18-14(10-16(12)7-1)9-15-6-5-13-4-2-8-17-13/h12-15H,1-11H2. The molecule has 4 heteroatoms. The Morgan fingerprint density at radius 1 is 1.11 bits per heavy atom. The molecule has 0 aromatic carbocycles. The van der Waals surface area contributed by atoms with Crippen molar-refractivity contribution in [3.8, 4) is 0 Å². The molecule has 4 nitrogen and oxygen atoms in total. The zero-order valence-corrected chi connectivity index (χ0v) is 11.3. The molecule has 0 bridgehead atoms. The summed E-state index contributed by atoms with van der Waals surface area (Å²) in [6.07, 6.45) is 7.23. The summed E-state index contributed by atoms with van der Waals surface area (Å²) in [5.74, 6) is 0. The molecule has 3 heterocycles. The molecule has 0 aromatic heterocycles. The minimum atomic E-state index is 0.392. The van der Waals surface area contributed by atoms with Crippen molar-refractivity contribution in [2.45, 2.75) is 50.4 Å². The Balaban J connectivity index is 1.29. The Kier molecular flexibility index (Phi) is 4.52. The van der Waals surface area contributed by atoms with Crippen molar-refractivity contribution in [3.05, 3.63) is 0 Å². The van der Waals surface area contributed by atoms with Gasteiger partial charge in [0.15, 0.2) is 0 Å². The predicted molar refractivity (Wildman–Crippen MR) is 70.8 cm³/mol. The lowest BCUT2D eigenvalue weighted by atomic mass is 10.1. The number of fused-ring (bicyclic) bond motifs is 1. The highest BCUT2D eigenvalue weighted by Crippen LogP contribution is 2.22. The van der Waals surface area contributed by atoms with Gasteiger partial charge in [-0.3, -0.25) is 4.90 Å². The Hall–Kier alpha value is -0.160. The van der Waals surface area contributed by atoms with Crippen molar-refractivity contribution in [1.29, 1.82) is 0 Å². The molecule has 3 aliphatic heterocycles. The number of hydrogen-bond acceptors (Lipinski definition) is 4. The molecule has 18 heavy (non-hydrogen) atoms. The fraction of sp³-hybridized carbons (Fsp3) is 1.00. The molecule has 3 rings (SSSR count). The molecular formula is C14H26N2O2. The van der Waals surface area contributed by atoms with Gasteiger partial charge in [0.05, 0.1) is 18.8 Å². The lowest BCUT2D eigenvalue weighted by molar-refractivity contribution is -0.0471. The van der Waals surface area contributed by atoms with Crippen molar-refractivity contribution >= 4 is 0 Å². The highest BCUT2D eigenvalue weighted by Gasteiger charge is 2.31. The Labute approximate surface area is 110 Å². The van der Waals surface area contributed by atoms with E-state index < -0.39 is 0 Å². The van der Waals surface area contributed by atoms with Crippen LogP contribution >= 0.6 is 0 Å². The maximum atomic E-state index is 5.93. The van der Waals surface area contributed by atoms with Crippen LogP contribution in [0.15, 0.2) is 0 Å². The zero-order chi connectivity index (χ0) is 12.2. The number of rotatable bonds is 5. The van der Waals surface area contributed by atoms with Crippen molar-refractivity contribution < 1.29 is 9.47 Å². The van der Waals surface area contributed by atoms with E-state index >= 15 is 0 Å². The smallest absolute Gasteiger partial charge is 0.0826 e. The molecule has 0 radical (unpaired) electrons. The minimum Gasteiger partial charge on any atom is -0.378 e. The summed E-state index contributed by atoms with van der Waals surface area (Å²) in [5.41, 5.74) is 0. The summed E-state index contributed by atoms with van der Waals surface area (Å²) in [6, 6.07) is 0.716. The summed E-state index contributed by atoms with van der Waals surface area (Å²) in [5, 5.41) is 3.53. The molecule has 1 N–H and O–H groups in total. The molecule has 0 aliphatic carbocycles. The molecule has 3 fully saturated rings. The predicted octanol–water partition coefficient (Wildman–Crippen LogP) is 1.01. The molecule has 3 atom stereocenters. The van der Waals surface area contributed by atoms with Crippen LogP contribution in [0.25, 0.3) is 0 Å². The van der Waals surface area contributed by atoms with Crippen molar-refractivity contribution in [3.63, 3.8) is 0 Å². The molecule has 0 saturated carbocycles. The molecule has 3 unspecified atom stereocenters. The van der Waals surface area contributed by atoms with Crippen LogP contribution in [0, 0.1) is 0 Å². The van der Waals surface area contributed by atoms with Gasteiger partial charge in [0.2, 0.25) is 0 Å². The SMILES string of the molecule is C1COC(CCNCC2CN3CCCC3CO2)C1. The molecule has 3 aliphatic rings. The Bertz CT molecular complexity index is 256. The largest absolute Gasteiger partial charge is 0.378 e. The number of hydrogen-bond donors (Lipinski definition) is 1. The third kappa shape index (κ3) is 3.23. The highest BCUT2D eigenvalue weighted by atomic mass is 16.5. The maximum Gasteiger partial charge on any atom is 0.0826 e. The van der Waals surface area contributed by atoms with E-state index in [2.05, 4.69) is 10.2 Å². The zero-order valence-electron chi connectivity index (χ0n) is 11.3. The fourth-order valence-corrected chi connectivity index (χ4v) is 3.41. The van der Waals surface area contributed by atoms with Crippen molar-refractivity contribution in [2.75, 3.05) is 39.4 Å². The van der Waals surface area contributed by atoms with E-state index in [1.807, 2.05) is 0 Å². The first-order valence-electron chi connectivity index (χ1n) is 7.60. The van der Waals surface area contributed by atoms with E-state index in [0.717, 1.165) is 39.3 Å². The lowest BCUT2D eigenvalue weighted by Gasteiger charge is -2.35. The number of morpholine rings is 1. The lowest BCUT2D eigenvalue weighted by Crippen LogP contribution is -2.49. The van der Waals surface area contributed by atoms with Crippen LogP contribution in [0.2, 0.25) is 0 Å². The van der Waals surface area contributed by atoms with Crippen LogP contribution in [0.1, 0.15) is 32.1 Å². The average Bonchev–Trinajstić information content (AvgIpc) is 3.05. The maximum absolute atomic E-state index is 5.93. The van der Waals surface area contributed by atoms with Crippen LogP contribution in [0.3, 0.4) is 0 Å². The second-order valence-corrected chi connectivity index (χ2v) is 5.87. The monoisotopic (exact) mass is 254 g/mol. The van der Waals surface area contributed by atoms with Crippen molar-refractivity contribution in [1.82, 2.24) is 10.2 Å². The molecular weight excluding hydrogens is 228 g/mol. The summed E-state index contributed by atoms with van der Waals surface area (Å²) in [6.45, 7) is 6.37. The Morgan fingerprint density at radius 3 is 3.00 bits per heavy atom. The van der Waals surface area contributed by atoms with Gasteiger partial charge in [-0.1, -0.05) is 0 Å². The molecule has 3 saturated heterocycles. The first-order chi connectivity index (χ1) is 8.92. The second kappa shape index (κ2) is 6.33. The van der Waals surface area contributed by atoms with E-state index in [1.54, 1.807) is 0 Å². The number of ether oxygens (including phenoxy) is 2. The molecule has 0 spiro atoms. The van der Waals surface area contributed by atoms with Gasteiger partial charge in [0, 0.05) is 25.7 Å². The van der Waals surface area contributed by atoms with Gasteiger partial charge in [-0.15, -0.1) is 0 Å². The van der Waals surface area contributed by atoms with Gasteiger partial charge >= 0.3 is 0 Å². The van der Waals surface area contributed by atoms with E-state index in [0.29, 0.717) is 18.2 Å². The van der Waals surface area contributed by atoms with Gasteiger partial charge in [-0.05, 0) is 45.2 Å². The summed E-state index contributed by atoms with van der Waals surface area (Å²) >= 11 is 0. The third-order valence-corrected chi connectivity index (χ3v) is 4.50. The normalized spacial score (nSPS) is 37.0. The summed E-state index contributed by atoms with van der Waals surface area (Å²) in [4.78, 5) is 2.61. The molecule has 0 amide bonds. The summed E-state index contributed by atoms with van der Waals surface area (Å²) < 4.78 is 11.6. The average molecular weight is 254 g/mol. The fourth-order valence-electron chi connectivity index (χ4n) is 3.41. The first kappa shape index (κ1) is 12.9. The molecule has 104 valence electrons. The third-order valence-electron chi connectivity index (χ3n) is 4.50. The second-order valence-electron chi connectivity index (χ2n) is 5.87. The van der Waals surface area contributed by atoms with E-state index in [4.69, 9.17) is 9.47 Å². The molecule has 0 aromatic rings. The Morgan fingerprint density at radius 2 is 2.11 bits per heavy atom. The van der Waals surface area contributed by atoms with Gasteiger partial charge in [-0.2, -0.15) is 0 Å². The summed E-state index contributed by atoms with van der Waals surface area (Å²) in [7, 11) is 0. The van der Waals surface area contributed by atoms with Gasteiger partial charge in [0.25, 0.3) is 0 Å².